The highest BCUT2D eigenvalue weighted by atomic mass is 32.2. The van der Waals surface area contributed by atoms with Gasteiger partial charge in [-0.1, -0.05) is 17.7 Å². The van der Waals surface area contributed by atoms with Gasteiger partial charge in [-0.3, -0.25) is 0 Å². The minimum absolute atomic E-state index is 0.0389. The summed E-state index contributed by atoms with van der Waals surface area (Å²) in [5.74, 6) is -0.0845. The lowest BCUT2D eigenvalue weighted by Crippen LogP contribution is -2.48. The molecule has 5 nitrogen and oxygen atoms in total. The Morgan fingerprint density at radius 2 is 1.75 bits per heavy atom. The van der Waals surface area contributed by atoms with Gasteiger partial charge < -0.3 is 0 Å². The number of sulfone groups is 1. The fourth-order valence-corrected chi connectivity index (χ4v) is 6.20. The van der Waals surface area contributed by atoms with Gasteiger partial charge in [0.25, 0.3) is 0 Å². The number of hydrogen-bond acceptors (Lipinski definition) is 4. The van der Waals surface area contributed by atoms with Crippen LogP contribution in [0.25, 0.3) is 0 Å². The first-order valence-electron chi connectivity index (χ1n) is 6.33. The quantitative estimate of drug-likeness (QED) is 0.839. The molecule has 0 aliphatic carbocycles. The number of sulfonamides is 1. The molecule has 0 bridgehead atoms. The summed E-state index contributed by atoms with van der Waals surface area (Å²) in [6.07, 6.45) is 0.330. The summed E-state index contributed by atoms with van der Waals surface area (Å²) >= 11 is 0. The molecular formula is C13H19NO4S2. The third-order valence-electron chi connectivity index (χ3n) is 3.92. The summed E-state index contributed by atoms with van der Waals surface area (Å²) in [6, 6.07) is 6.56. The second-order valence-corrected chi connectivity index (χ2v) is 9.78. The fourth-order valence-electron chi connectivity index (χ4n) is 2.40. The van der Waals surface area contributed by atoms with Crippen LogP contribution in [0.3, 0.4) is 0 Å². The molecule has 1 heterocycles. The molecule has 0 unspecified atom stereocenters. The van der Waals surface area contributed by atoms with E-state index in [9.17, 15) is 16.8 Å². The van der Waals surface area contributed by atoms with Crippen molar-refractivity contribution < 1.29 is 16.8 Å². The minimum Gasteiger partial charge on any atom is -0.229 e. The highest BCUT2D eigenvalue weighted by Crippen LogP contribution is 2.32. The third-order valence-corrected chi connectivity index (χ3v) is 7.84. The van der Waals surface area contributed by atoms with E-state index in [0.29, 0.717) is 6.42 Å². The van der Waals surface area contributed by atoms with E-state index in [1.165, 1.54) is 11.4 Å². The Kier molecular flexibility index (Phi) is 3.73. The van der Waals surface area contributed by atoms with E-state index in [0.717, 1.165) is 5.56 Å². The Morgan fingerprint density at radius 3 is 2.20 bits per heavy atom. The molecule has 0 aromatic heterocycles. The van der Waals surface area contributed by atoms with Crippen LogP contribution in [-0.4, -0.2) is 45.2 Å². The van der Waals surface area contributed by atoms with Crippen molar-refractivity contribution in [1.29, 1.82) is 0 Å². The molecule has 0 radical (unpaired) electrons. The summed E-state index contributed by atoms with van der Waals surface area (Å²) in [7, 11) is -5.38. The zero-order valence-electron chi connectivity index (χ0n) is 11.8. The maximum absolute atomic E-state index is 12.6. The van der Waals surface area contributed by atoms with Gasteiger partial charge in [-0.15, -0.1) is 0 Å². The zero-order chi connectivity index (χ0) is 15.2. The second kappa shape index (κ2) is 4.82. The van der Waals surface area contributed by atoms with Crippen LogP contribution >= 0.6 is 0 Å². The lowest BCUT2D eigenvalue weighted by molar-refractivity contribution is 0.272. The molecule has 20 heavy (non-hydrogen) atoms. The molecular weight excluding hydrogens is 298 g/mol. The van der Waals surface area contributed by atoms with Gasteiger partial charge in [0.1, 0.15) is 0 Å². The predicted molar refractivity (Wildman–Crippen MR) is 77.8 cm³/mol. The molecule has 1 aliphatic rings. The molecule has 0 spiro atoms. The molecule has 1 aromatic rings. The van der Waals surface area contributed by atoms with Crippen molar-refractivity contribution in [1.82, 2.24) is 4.31 Å². The van der Waals surface area contributed by atoms with E-state index in [2.05, 4.69) is 0 Å². The smallest absolute Gasteiger partial charge is 0.229 e. The van der Waals surface area contributed by atoms with E-state index >= 15 is 0 Å². The highest BCUT2D eigenvalue weighted by Gasteiger charge is 2.46. The maximum Gasteiger partial charge on any atom is 0.243 e. The van der Waals surface area contributed by atoms with Crippen LogP contribution in [0.5, 0.6) is 0 Å². The Balaban J connectivity index is 2.37. The number of nitrogens with zero attached hydrogens (tertiary/aromatic N) is 1. The van der Waals surface area contributed by atoms with E-state index in [1.807, 2.05) is 6.92 Å². The zero-order valence-corrected chi connectivity index (χ0v) is 13.5. The normalized spacial score (nSPS) is 26.0. The molecule has 1 aliphatic heterocycles. The third kappa shape index (κ3) is 2.75. The molecule has 1 fully saturated rings. The Labute approximate surface area is 120 Å². The van der Waals surface area contributed by atoms with E-state index in [-0.39, 0.29) is 16.4 Å². The summed E-state index contributed by atoms with van der Waals surface area (Å²) in [6.45, 7) is 3.56. The van der Waals surface area contributed by atoms with Gasteiger partial charge in [0.2, 0.25) is 10.0 Å². The van der Waals surface area contributed by atoms with Gasteiger partial charge in [-0.2, -0.15) is 4.31 Å². The van der Waals surface area contributed by atoms with E-state index in [4.69, 9.17) is 0 Å². The van der Waals surface area contributed by atoms with Crippen LogP contribution in [0.4, 0.5) is 0 Å². The predicted octanol–water partition coefficient (Wildman–Crippen LogP) is 1.19. The van der Waals surface area contributed by atoms with Gasteiger partial charge >= 0.3 is 0 Å². The van der Waals surface area contributed by atoms with Crippen molar-refractivity contribution in [3.05, 3.63) is 29.8 Å². The molecule has 0 N–H and O–H groups in total. The average molecular weight is 317 g/mol. The average Bonchev–Trinajstić information content (AvgIpc) is 2.64. The number of hydrogen-bond donors (Lipinski definition) is 0. The van der Waals surface area contributed by atoms with Crippen LogP contribution in [0.15, 0.2) is 29.2 Å². The molecule has 112 valence electrons. The fraction of sp³-hybridized carbons (Fsp3) is 0.538. The van der Waals surface area contributed by atoms with E-state index < -0.39 is 25.4 Å². The van der Waals surface area contributed by atoms with Gasteiger partial charge in [0.15, 0.2) is 9.84 Å². The standard InChI is InChI=1S/C13H19NO4S2/c1-11-4-6-12(7-5-11)20(17,18)14(3)13(2)8-9-19(15,16)10-13/h4-7H,8-10H2,1-3H3/t13-/m1/s1. The summed E-state index contributed by atoms with van der Waals surface area (Å²) in [4.78, 5) is 0.191. The molecule has 1 aromatic carbocycles. The van der Waals surface area contributed by atoms with Crippen LogP contribution in [0.1, 0.15) is 18.9 Å². The highest BCUT2D eigenvalue weighted by molar-refractivity contribution is 7.92. The van der Waals surface area contributed by atoms with Crippen LogP contribution in [0, 0.1) is 6.92 Å². The van der Waals surface area contributed by atoms with Crippen molar-refractivity contribution in [3.8, 4) is 0 Å². The molecule has 7 heteroatoms. The van der Waals surface area contributed by atoms with Crippen molar-refractivity contribution in [3.63, 3.8) is 0 Å². The summed E-state index contributed by atoms with van der Waals surface area (Å²) in [5.41, 5.74) is 0.101. The minimum atomic E-state index is -3.68. The topological polar surface area (TPSA) is 71.5 Å². The monoisotopic (exact) mass is 317 g/mol. The lowest BCUT2D eigenvalue weighted by atomic mass is 10.0. The van der Waals surface area contributed by atoms with Crippen LogP contribution in [0.2, 0.25) is 0 Å². The van der Waals surface area contributed by atoms with Crippen molar-refractivity contribution in [2.75, 3.05) is 18.6 Å². The number of rotatable bonds is 3. The molecule has 2 rings (SSSR count). The van der Waals surface area contributed by atoms with Gasteiger partial charge in [0.05, 0.1) is 16.4 Å². The number of benzene rings is 1. The van der Waals surface area contributed by atoms with Crippen LogP contribution in [-0.2, 0) is 19.9 Å². The van der Waals surface area contributed by atoms with Crippen molar-refractivity contribution in [2.24, 2.45) is 0 Å². The van der Waals surface area contributed by atoms with E-state index in [1.54, 1.807) is 31.2 Å². The lowest BCUT2D eigenvalue weighted by Gasteiger charge is -2.33. The first kappa shape index (κ1) is 15.5. The summed E-state index contributed by atoms with van der Waals surface area (Å²) < 4.78 is 49.6. The van der Waals surface area contributed by atoms with Gasteiger partial charge in [-0.05, 0) is 32.4 Å². The van der Waals surface area contributed by atoms with Gasteiger partial charge in [0, 0.05) is 12.6 Å². The van der Waals surface area contributed by atoms with Crippen molar-refractivity contribution in [2.45, 2.75) is 30.7 Å². The molecule has 1 saturated heterocycles. The first-order valence-corrected chi connectivity index (χ1v) is 9.59. The molecule has 0 saturated carbocycles. The van der Waals surface area contributed by atoms with Crippen molar-refractivity contribution >= 4 is 19.9 Å². The largest absolute Gasteiger partial charge is 0.243 e. The maximum atomic E-state index is 12.6. The van der Waals surface area contributed by atoms with Crippen LogP contribution < -0.4 is 0 Å². The number of aryl methyl sites for hydroxylation is 1. The SMILES string of the molecule is Cc1ccc(S(=O)(=O)N(C)[C@]2(C)CCS(=O)(=O)C2)cc1. The Bertz CT molecular complexity index is 707. The molecule has 0 amide bonds. The summed E-state index contributed by atoms with van der Waals surface area (Å²) in [5, 5.41) is 0. The Morgan fingerprint density at radius 1 is 1.20 bits per heavy atom. The second-order valence-electron chi connectivity index (χ2n) is 5.62. The first-order chi connectivity index (χ1) is 9.07. The Hall–Kier alpha value is -0.920. The molecule has 1 atom stereocenters. The van der Waals surface area contributed by atoms with Gasteiger partial charge in [-0.25, -0.2) is 16.8 Å².